The highest BCUT2D eigenvalue weighted by Gasteiger charge is 2.38. The van der Waals surface area contributed by atoms with Crippen LogP contribution in [0.4, 0.5) is 18.9 Å². The van der Waals surface area contributed by atoms with Crippen LogP contribution in [-0.4, -0.2) is 29.1 Å². The molecule has 5 nitrogen and oxygen atoms in total. The van der Waals surface area contributed by atoms with Gasteiger partial charge in [0.1, 0.15) is 11.8 Å². The lowest BCUT2D eigenvalue weighted by Crippen LogP contribution is -2.47. The molecule has 3 rings (SSSR count). The number of amides is 2. The Morgan fingerprint density at radius 2 is 1.75 bits per heavy atom. The smallest absolute Gasteiger partial charge is 0.406 e. The van der Waals surface area contributed by atoms with Gasteiger partial charge in [-0.15, -0.1) is 13.2 Å². The summed E-state index contributed by atoms with van der Waals surface area (Å²) in [5, 5.41) is 2.67. The quantitative estimate of drug-likeness (QED) is 0.830. The number of hydrogen-bond acceptors (Lipinski definition) is 3. The molecule has 0 unspecified atom stereocenters. The number of anilines is 1. The predicted molar refractivity (Wildman–Crippen MR) is 96.7 cm³/mol. The second-order valence-corrected chi connectivity index (χ2v) is 6.84. The monoisotopic (exact) mass is 392 g/mol. The largest absolute Gasteiger partial charge is 0.573 e. The van der Waals surface area contributed by atoms with Crippen LogP contribution in [0.3, 0.4) is 0 Å². The van der Waals surface area contributed by atoms with Crippen LogP contribution in [0.15, 0.2) is 48.5 Å². The first kappa shape index (κ1) is 19.7. The van der Waals surface area contributed by atoms with E-state index in [0.29, 0.717) is 17.8 Å². The van der Waals surface area contributed by atoms with Gasteiger partial charge in [-0.2, -0.15) is 0 Å². The molecule has 0 spiro atoms. The summed E-state index contributed by atoms with van der Waals surface area (Å²) in [5.74, 6) is -1.15. The summed E-state index contributed by atoms with van der Waals surface area (Å²) in [4.78, 5) is 27.1. The number of ether oxygens (including phenoxy) is 1. The maximum atomic E-state index is 12.8. The third-order valence-electron chi connectivity index (χ3n) is 4.44. The summed E-state index contributed by atoms with van der Waals surface area (Å²) >= 11 is 0. The lowest BCUT2D eigenvalue weighted by Gasteiger charge is -2.30. The Labute approximate surface area is 160 Å². The Balaban J connectivity index is 1.73. The summed E-state index contributed by atoms with van der Waals surface area (Å²) in [6, 6.07) is 11.3. The molecule has 2 aromatic rings. The van der Waals surface area contributed by atoms with Crippen LogP contribution in [0, 0.1) is 5.92 Å². The zero-order valence-electron chi connectivity index (χ0n) is 15.3. The lowest BCUT2D eigenvalue weighted by molar-refractivity contribution is -0.274. The molecule has 148 valence electrons. The van der Waals surface area contributed by atoms with Gasteiger partial charge in [-0.25, -0.2) is 0 Å². The third-order valence-corrected chi connectivity index (χ3v) is 4.44. The van der Waals surface area contributed by atoms with Crippen molar-refractivity contribution in [3.05, 3.63) is 59.7 Å². The normalized spacial score (nSPS) is 14.8. The van der Waals surface area contributed by atoms with Crippen molar-refractivity contribution in [2.24, 2.45) is 5.92 Å². The van der Waals surface area contributed by atoms with Crippen molar-refractivity contribution >= 4 is 17.5 Å². The highest BCUT2D eigenvalue weighted by Crippen LogP contribution is 2.28. The molecule has 0 saturated heterocycles. The first-order valence-corrected chi connectivity index (χ1v) is 8.71. The zero-order valence-corrected chi connectivity index (χ0v) is 15.3. The second-order valence-electron chi connectivity index (χ2n) is 6.84. The average molecular weight is 392 g/mol. The van der Waals surface area contributed by atoms with E-state index < -0.39 is 18.3 Å². The topological polar surface area (TPSA) is 58.6 Å². The number of carbonyl (C=O) groups is 2. The fourth-order valence-electron chi connectivity index (χ4n) is 3.26. The van der Waals surface area contributed by atoms with E-state index in [2.05, 4.69) is 10.1 Å². The minimum atomic E-state index is -4.78. The van der Waals surface area contributed by atoms with Crippen molar-refractivity contribution < 1.29 is 27.5 Å². The number of fused-ring (bicyclic) bond motifs is 1. The molecule has 0 aliphatic carbocycles. The molecule has 2 amide bonds. The van der Waals surface area contributed by atoms with E-state index in [1.807, 2.05) is 26.0 Å². The lowest BCUT2D eigenvalue weighted by atomic mass is 10.0. The van der Waals surface area contributed by atoms with Gasteiger partial charge in [-0.05, 0) is 41.8 Å². The number of nitrogens with zero attached hydrogens (tertiary/aromatic N) is 1. The van der Waals surface area contributed by atoms with Crippen molar-refractivity contribution in [3.63, 3.8) is 0 Å². The van der Waals surface area contributed by atoms with E-state index in [9.17, 15) is 22.8 Å². The highest BCUT2D eigenvalue weighted by molar-refractivity contribution is 6.03. The van der Waals surface area contributed by atoms with Gasteiger partial charge < -0.3 is 15.0 Å². The molecule has 28 heavy (non-hydrogen) atoms. The van der Waals surface area contributed by atoms with E-state index >= 15 is 0 Å². The Morgan fingerprint density at radius 3 is 2.32 bits per heavy atom. The van der Waals surface area contributed by atoms with Crippen molar-refractivity contribution in [2.75, 3.05) is 5.32 Å². The fourth-order valence-corrected chi connectivity index (χ4v) is 3.26. The number of carbonyl (C=O) groups excluding carboxylic acids is 2. The molecule has 1 N–H and O–H groups in total. The minimum absolute atomic E-state index is 0.161. The Hall–Kier alpha value is -3.03. The van der Waals surface area contributed by atoms with Crippen molar-refractivity contribution in [1.29, 1.82) is 0 Å². The van der Waals surface area contributed by atoms with Crippen molar-refractivity contribution in [2.45, 2.75) is 32.8 Å². The van der Waals surface area contributed by atoms with Crippen LogP contribution in [0.2, 0.25) is 0 Å². The molecule has 0 saturated carbocycles. The van der Waals surface area contributed by atoms with Gasteiger partial charge in [0, 0.05) is 17.8 Å². The van der Waals surface area contributed by atoms with E-state index in [4.69, 9.17) is 0 Å². The van der Waals surface area contributed by atoms with E-state index in [1.54, 1.807) is 12.1 Å². The van der Waals surface area contributed by atoms with Gasteiger partial charge in [0.2, 0.25) is 5.91 Å². The fraction of sp³-hybridized carbons (Fsp3) is 0.300. The maximum absolute atomic E-state index is 12.8. The first-order chi connectivity index (χ1) is 13.2. The van der Waals surface area contributed by atoms with Gasteiger partial charge in [-0.3, -0.25) is 9.59 Å². The van der Waals surface area contributed by atoms with E-state index in [1.165, 1.54) is 17.0 Å². The number of nitrogens with one attached hydrogen (secondary N) is 1. The summed E-state index contributed by atoms with van der Waals surface area (Å²) in [6.45, 7) is 4.01. The van der Waals surface area contributed by atoms with E-state index in [-0.39, 0.29) is 17.6 Å². The molecule has 0 bridgehead atoms. The number of rotatable bonds is 5. The number of halogens is 3. The Kier molecular flexibility index (Phi) is 5.31. The molecule has 1 aliphatic rings. The standard InChI is InChI=1S/C20H19F3N2O3/c1-12(2)17(25-11-13-5-3-4-6-16(13)19(25)27)18(26)24-14-7-9-15(10-8-14)28-20(21,22)23/h3-10,12,17H,11H2,1-2H3,(H,24,26)/t17-/m0/s1. The maximum Gasteiger partial charge on any atom is 0.573 e. The van der Waals surface area contributed by atoms with Crippen molar-refractivity contribution in [1.82, 2.24) is 4.90 Å². The summed E-state index contributed by atoms with van der Waals surface area (Å²) in [6.07, 6.45) is -4.78. The van der Waals surface area contributed by atoms with Gasteiger partial charge >= 0.3 is 6.36 Å². The SMILES string of the molecule is CC(C)[C@@H](C(=O)Nc1ccc(OC(F)(F)F)cc1)N1Cc2ccccc2C1=O. The van der Waals surface area contributed by atoms with Crippen LogP contribution >= 0.6 is 0 Å². The number of benzene rings is 2. The van der Waals surface area contributed by atoms with Gasteiger partial charge in [0.05, 0.1) is 0 Å². The molecule has 0 fully saturated rings. The molecular weight excluding hydrogens is 373 g/mol. The first-order valence-electron chi connectivity index (χ1n) is 8.71. The van der Waals surface area contributed by atoms with Gasteiger partial charge in [0.15, 0.2) is 0 Å². The van der Waals surface area contributed by atoms with Crippen LogP contribution in [0.5, 0.6) is 5.75 Å². The Morgan fingerprint density at radius 1 is 1.11 bits per heavy atom. The van der Waals surface area contributed by atoms with Crippen LogP contribution in [-0.2, 0) is 11.3 Å². The second kappa shape index (κ2) is 7.53. The minimum Gasteiger partial charge on any atom is -0.406 e. The third kappa shape index (κ3) is 4.27. The van der Waals surface area contributed by atoms with Crippen LogP contribution < -0.4 is 10.1 Å². The number of alkyl halides is 3. The Bertz CT molecular complexity index is 879. The molecule has 1 atom stereocenters. The van der Waals surface area contributed by atoms with E-state index in [0.717, 1.165) is 17.7 Å². The molecule has 0 radical (unpaired) electrons. The summed E-state index contributed by atoms with van der Waals surface area (Å²) in [7, 11) is 0. The average Bonchev–Trinajstić information content (AvgIpc) is 2.92. The zero-order chi connectivity index (χ0) is 20.5. The van der Waals surface area contributed by atoms with Gasteiger partial charge in [-0.1, -0.05) is 32.0 Å². The molecule has 1 heterocycles. The molecule has 8 heteroatoms. The molecule has 1 aliphatic heterocycles. The van der Waals surface area contributed by atoms with Crippen LogP contribution in [0.1, 0.15) is 29.8 Å². The number of hydrogen-bond donors (Lipinski definition) is 1. The highest BCUT2D eigenvalue weighted by atomic mass is 19.4. The molecule has 2 aromatic carbocycles. The molecular formula is C20H19F3N2O3. The molecule has 0 aromatic heterocycles. The van der Waals surface area contributed by atoms with Crippen LogP contribution in [0.25, 0.3) is 0 Å². The van der Waals surface area contributed by atoms with Gasteiger partial charge in [0.25, 0.3) is 5.91 Å². The summed E-state index contributed by atoms with van der Waals surface area (Å²) < 4.78 is 40.5. The van der Waals surface area contributed by atoms with Crippen molar-refractivity contribution in [3.8, 4) is 5.75 Å². The predicted octanol–water partition coefficient (Wildman–Crippen LogP) is 4.20. The summed E-state index contributed by atoms with van der Waals surface area (Å²) in [5.41, 5.74) is 1.75.